The molecule has 0 saturated carbocycles. The van der Waals surface area contributed by atoms with Crippen molar-refractivity contribution in [3.8, 4) is 5.75 Å². The summed E-state index contributed by atoms with van der Waals surface area (Å²) >= 11 is 0. The van der Waals surface area contributed by atoms with Crippen LogP contribution >= 0.6 is 0 Å². The standard InChI is InChI=1S/C17H18O4/c1-6-7-13-8-14-15(19)9(2)11(4)20-17(14)10(3)16(13)21-12(5)18/h6,8H,1,7H2,2-5H3. The van der Waals surface area contributed by atoms with Crippen LogP contribution in [0.1, 0.15) is 29.4 Å². The van der Waals surface area contributed by atoms with Crippen LogP contribution in [0, 0.1) is 20.8 Å². The molecule has 0 N–H and O–H groups in total. The Morgan fingerprint density at radius 3 is 2.57 bits per heavy atom. The molecule has 1 aromatic heterocycles. The van der Waals surface area contributed by atoms with E-state index in [0.717, 1.165) is 5.56 Å². The van der Waals surface area contributed by atoms with Gasteiger partial charge in [0.1, 0.15) is 17.1 Å². The minimum atomic E-state index is -0.408. The van der Waals surface area contributed by atoms with Crippen molar-refractivity contribution in [3.05, 3.63) is 51.4 Å². The summed E-state index contributed by atoms with van der Waals surface area (Å²) in [5.74, 6) is 0.607. The van der Waals surface area contributed by atoms with E-state index < -0.39 is 5.97 Å². The highest BCUT2D eigenvalue weighted by Crippen LogP contribution is 2.32. The van der Waals surface area contributed by atoms with Crippen LogP contribution < -0.4 is 10.2 Å². The quantitative estimate of drug-likeness (QED) is 0.493. The van der Waals surface area contributed by atoms with Gasteiger partial charge in [0.2, 0.25) is 0 Å². The van der Waals surface area contributed by atoms with Crippen LogP contribution in [-0.2, 0) is 11.2 Å². The van der Waals surface area contributed by atoms with E-state index in [-0.39, 0.29) is 5.43 Å². The smallest absolute Gasteiger partial charge is 0.308 e. The highest BCUT2D eigenvalue weighted by Gasteiger charge is 2.18. The van der Waals surface area contributed by atoms with Gasteiger partial charge in [-0.25, -0.2) is 0 Å². The van der Waals surface area contributed by atoms with Gasteiger partial charge in [-0.2, -0.15) is 0 Å². The molecule has 1 heterocycles. The lowest BCUT2D eigenvalue weighted by atomic mass is 10.0. The maximum absolute atomic E-state index is 12.4. The molecule has 0 fully saturated rings. The first-order valence-corrected chi connectivity index (χ1v) is 6.72. The van der Waals surface area contributed by atoms with E-state index in [4.69, 9.17) is 9.15 Å². The number of fused-ring (bicyclic) bond motifs is 1. The number of hydrogen-bond acceptors (Lipinski definition) is 4. The lowest BCUT2D eigenvalue weighted by Gasteiger charge is -2.14. The summed E-state index contributed by atoms with van der Waals surface area (Å²) in [5.41, 5.74) is 2.40. The van der Waals surface area contributed by atoms with Gasteiger partial charge in [0, 0.05) is 18.1 Å². The maximum Gasteiger partial charge on any atom is 0.308 e. The van der Waals surface area contributed by atoms with E-state index in [0.29, 0.717) is 40.0 Å². The van der Waals surface area contributed by atoms with Crippen LogP contribution in [0.15, 0.2) is 27.9 Å². The van der Waals surface area contributed by atoms with Crippen molar-refractivity contribution < 1.29 is 13.9 Å². The van der Waals surface area contributed by atoms with E-state index in [2.05, 4.69) is 6.58 Å². The van der Waals surface area contributed by atoms with Crippen LogP contribution in [0.3, 0.4) is 0 Å². The van der Waals surface area contributed by atoms with E-state index >= 15 is 0 Å². The van der Waals surface area contributed by atoms with Gasteiger partial charge in [0.15, 0.2) is 5.43 Å². The Bertz CT molecular complexity index is 797. The largest absolute Gasteiger partial charge is 0.460 e. The fraction of sp³-hybridized carbons (Fsp3) is 0.294. The maximum atomic E-state index is 12.4. The number of benzene rings is 1. The number of hydrogen-bond donors (Lipinski definition) is 0. The van der Waals surface area contributed by atoms with Gasteiger partial charge in [-0.1, -0.05) is 6.08 Å². The Hall–Kier alpha value is -2.36. The Labute approximate surface area is 123 Å². The van der Waals surface area contributed by atoms with Crippen molar-refractivity contribution in [1.82, 2.24) is 0 Å². The van der Waals surface area contributed by atoms with E-state index in [1.54, 1.807) is 32.9 Å². The minimum Gasteiger partial charge on any atom is -0.460 e. The number of ether oxygens (including phenoxy) is 1. The van der Waals surface area contributed by atoms with E-state index in [1.165, 1.54) is 6.92 Å². The van der Waals surface area contributed by atoms with Crippen molar-refractivity contribution in [2.24, 2.45) is 0 Å². The molecule has 0 amide bonds. The lowest BCUT2D eigenvalue weighted by molar-refractivity contribution is -0.131. The second-order valence-corrected chi connectivity index (χ2v) is 5.07. The molecule has 4 nitrogen and oxygen atoms in total. The zero-order chi connectivity index (χ0) is 15.7. The molecule has 0 radical (unpaired) electrons. The fourth-order valence-corrected chi connectivity index (χ4v) is 2.34. The van der Waals surface area contributed by atoms with Gasteiger partial charge in [-0.15, -0.1) is 6.58 Å². The third kappa shape index (κ3) is 2.61. The number of esters is 1. The fourth-order valence-electron chi connectivity index (χ4n) is 2.34. The molecule has 0 aliphatic carbocycles. The Kier molecular flexibility index (Phi) is 3.98. The summed E-state index contributed by atoms with van der Waals surface area (Å²) in [6, 6.07) is 1.72. The van der Waals surface area contributed by atoms with Crippen LogP contribution in [0.5, 0.6) is 5.75 Å². The summed E-state index contributed by atoms with van der Waals surface area (Å²) < 4.78 is 11.0. The second-order valence-electron chi connectivity index (χ2n) is 5.07. The van der Waals surface area contributed by atoms with Crippen molar-refractivity contribution in [2.45, 2.75) is 34.1 Å². The second kappa shape index (κ2) is 5.56. The average molecular weight is 286 g/mol. The molecule has 2 rings (SSSR count). The molecule has 0 atom stereocenters. The zero-order valence-electron chi connectivity index (χ0n) is 12.7. The predicted octanol–water partition coefficient (Wildman–Crippen LogP) is 3.37. The molecule has 0 aliphatic rings. The number of rotatable bonds is 3. The zero-order valence-corrected chi connectivity index (χ0v) is 12.7. The van der Waals surface area contributed by atoms with Crippen molar-refractivity contribution in [3.63, 3.8) is 0 Å². The van der Waals surface area contributed by atoms with Crippen molar-refractivity contribution in [1.29, 1.82) is 0 Å². The average Bonchev–Trinajstić information content (AvgIpc) is 2.42. The Balaban J connectivity index is 2.90. The van der Waals surface area contributed by atoms with E-state index in [1.807, 2.05) is 0 Å². The van der Waals surface area contributed by atoms with Gasteiger partial charge >= 0.3 is 5.97 Å². The Morgan fingerprint density at radius 1 is 1.33 bits per heavy atom. The molecule has 0 unspecified atom stereocenters. The molecule has 0 aliphatic heterocycles. The van der Waals surface area contributed by atoms with Crippen LogP contribution in [0.25, 0.3) is 11.0 Å². The summed E-state index contributed by atoms with van der Waals surface area (Å²) in [6.45, 7) is 10.3. The van der Waals surface area contributed by atoms with Crippen molar-refractivity contribution in [2.75, 3.05) is 0 Å². The molecule has 4 heteroatoms. The highest BCUT2D eigenvalue weighted by molar-refractivity contribution is 5.85. The number of carbonyl (C=O) groups is 1. The third-order valence-electron chi connectivity index (χ3n) is 3.51. The molecule has 1 aromatic carbocycles. The van der Waals surface area contributed by atoms with Crippen molar-refractivity contribution >= 4 is 16.9 Å². The van der Waals surface area contributed by atoms with Gasteiger partial charge < -0.3 is 9.15 Å². The topological polar surface area (TPSA) is 56.5 Å². The summed E-state index contributed by atoms with van der Waals surface area (Å²) in [7, 11) is 0. The normalized spacial score (nSPS) is 10.7. The first kappa shape index (κ1) is 15.0. The molecular formula is C17H18O4. The first-order valence-electron chi connectivity index (χ1n) is 6.72. The van der Waals surface area contributed by atoms with E-state index in [9.17, 15) is 9.59 Å². The van der Waals surface area contributed by atoms with Crippen LogP contribution in [-0.4, -0.2) is 5.97 Å². The minimum absolute atomic E-state index is 0.0588. The highest BCUT2D eigenvalue weighted by atomic mass is 16.5. The summed E-state index contributed by atoms with van der Waals surface area (Å²) in [6.07, 6.45) is 2.21. The first-order chi connectivity index (χ1) is 9.86. The third-order valence-corrected chi connectivity index (χ3v) is 3.51. The molecule has 0 bridgehead atoms. The molecule has 2 aromatic rings. The number of allylic oxidation sites excluding steroid dienone is 1. The molecule has 110 valence electrons. The predicted molar refractivity (Wildman–Crippen MR) is 81.9 cm³/mol. The lowest BCUT2D eigenvalue weighted by Crippen LogP contribution is -2.11. The van der Waals surface area contributed by atoms with Crippen LogP contribution in [0.2, 0.25) is 0 Å². The van der Waals surface area contributed by atoms with Crippen LogP contribution in [0.4, 0.5) is 0 Å². The SMILES string of the molecule is C=CCc1cc2c(=O)c(C)c(C)oc2c(C)c1OC(C)=O. The summed E-state index contributed by atoms with van der Waals surface area (Å²) in [4.78, 5) is 23.7. The molecule has 21 heavy (non-hydrogen) atoms. The monoisotopic (exact) mass is 286 g/mol. The van der Waals surface area contributed by atoms with Gasteiger partial charge in [0.05, 0.1) is 5.39 Å². The van der Waals surface area contributed by atoms with Gasteiger partial charge in [-0.05, 0) is 38.8 Å². The van der Waals surface area contributed by atoms with Gasteiger partial charge in [-0.3, -0.25) is 9.59 Å². The Morgan fingerprint density at radius 2 is 2.00 bits per heavy atom. The molecular weight excluding hydrogens is 268 g/mol. The number of carbonyl (C=O) groups excluding carboxylic acids is 1. The molecule has 0 spiro atoms. The number of aryl methyl sites for hydroxylation is 2. The molecule has 0 saturated heterocycles. The van der Waals surface area contributed by atoms with Gasteiger partial charge in [0.25, 0.3) is 0 Å². The summed E-state index contributed by atoms with van der Waals surface area (Å²) in [5, 5.41) is 0.503.